The van der Waals surface area contributed by atoms with Gasteiger partial charge in [0.15, 0.2) is 0 Å². The van der Waals surface area contributed by atoms with Gasteiger partial charge in [0.2, 0.25) is 0 Å². The Balaban J connectivity index is 1.60. The number of aliphatic hydroxyl groups is 1. The smallest absolute Gasteiger partial charge is 0.125 e. The highest BCUT2D eigenvalue weighted by Gasteiger charge is 2.24. The van der Waals surface area contributed by atoms with E-state index in [1.54, 1.807) is 10.7 Å². The van der Waals surface area contributed by atoms with Crippen LogP contribution in [0.3, 0.4) is 0 Å². The quantitative estimate of drug-likeness (QED) is 0.908. The first-order valence-corrected chi connectivity index (χ1v) is 8.46. The number of β-amino-alcohol motifs (C(OH)–C–C–N with tert-alkyl or cyclic N) is 1. The summed E-state index contributed by atoms with van der Waals surface area (Å²) in [6, 6.07) is 8.85. The van der Waals surface area contributed by atoms with E-state index in [1.165, 1.54) is 12.1 Å². The SMILES string of the molecule is C[C@@H]1CN(Cc2ccn(-c3cccc(F)c3)n2)CCN1C[C@@H](C)O. The summed E-state index contributed by atoms with van der Waals surface area (Å²) in [6.45, 7) is 8.41. The van der Waals surface area contributed by atoms with Gasteiger partial charge in [-0.25, -0.2) is 9.07 Å². The number of aromatic nitrogens is 2. The molecule has 2 heterocycles. The van der Waals surface area contributed by atoms with E-state index in [4.69, 9.17) is 0 Å². The molecule has 1 N–H and O–H groups in total. The summed E-state index contributed by atoms with van der Waals surface area (Å²) < 4.78 is 15.0. The Morgan fingerprint density at radius 2 is 2.17 bits per heavy atom. The fraction of sp³-hybridized carbons (Fsp3) is 0.500. The summed E-state index contributed by atoms with van der Waals surface area (Å²) in [5.74, 6) is -0.257. The van der Waals surface area contributed by atoms with Crippen molar-refractivity contribution in [1.29, 1.82) is 0 Å². The van der Waals surface area contributed by atoms with Crippen LogP contribution < -0.4 is 0 Å². The molecule has 24 heavy (non-hydrogen) atoms. The summed E-state index contributed by atoms with van der Waals surface area (Å²) in [7, 11) is 0. The predicted octanol–water partition coefficient (Wildman–Crippen LogP) is 1.90. The van der Waals surface area contributed by atoms with Crippen LogP contribution in [0.1, 0.15) is 19.5 Å². The largest absolute Gasteiger partial charge is 0.392 e. The van der Waals surface area contributed by atoms with Crippen molar-refractivity contribution in [1.82, 2.24) is 19.6 Å². The lowest BCUT2D eigenvalue weighted by Crippen LogP contribution is -2.53. The molecule has 1 aromatic carbocycles. The van der Waals surface area contributed by atoms with Gasteiger partial charge in [0.25, 0.3) is 0 Å². The first kappa shape index (κ1) is 17.1. The second kappa shape index (κ2) is 7.42. The summed E-state index contributed by atoms with van der Waals surface area (Å²) in [6.07, 6.45) is 1.58. The minimum atomic E-state index is -0.291. The van der Waals surface area contributed by atoms with Gasteiger partial charge in [-0.15, -0.1) is 0 Å². The fourth-order valence-electron chi connectivity index (χ4n) is 3.26. The number of nitrogens with zero attached hydrogens (tertiary/aromatic N) is 4. The van der Waals surface area contributed by atoms with Crippen LogP contribution >= 0.6 is 0 Å². The molecule has 0 amide bonds. The van der Waals surface area contributed by atoms with Crippen molar-refractivity contribution in [3.05, 3.63) is 48.0 Å². The van der Waals surface area contributed by atoms with Crippen molar-refractivity contribution < 1.29 is 9.50 Å². The van der Waals surface area contributed by atoms with Crippen LogP contribution in [0.15, 0.2) is 36.5 Å². The minimum Gasteiger partial charge on any atom is -0.392 e. The molecule has 1 aliphatic rings. The van der Waals surface area contributed by atoms with Crippen LogP contribution in [0.2, 0.25) is 0 Å². The van der Waals surface area contributed by atoms with Crippen molar-refractivity contribution in [3.63, 3.8) is 0 Å². The Kier molecular flexibility index (Phi) is 5.28. The van der Waals surface area contributed by atoms with Crippen LogP contribution in [0, 0.1) is 5.82 Å². The highest BCUT2D eigenvalue weighted by atomic mass is 19.1. The third-order valence-electron chi connectivity index (χ3n) is 4.45. The van der Waals surface area contributed by atoms with Crippen molar-refractivity contribution in [2.24, 2.45) is 0 Å². The summed E-state index contributed by atoms with van der Waals surface area (Å²) in [5.41, 5.74) is 1.71. The Hall–Kier alpha value is -1.76. The molecule has 3 rings (SSSR count). The van der Waals surface area contributed by atoms with Gasteiger partial charge < -0.3 is 5.11 Å². The van der Waals surface area contributed by atoms with Gasteiger partial charge in [-0.3, -0.25) is 9.80 Å². The number of hydrogen-bond acceptors (Lipinski definition) is 4. The van der Waals surface area contributed by atoms with Gasteiger partial charge in [0, 0.05) is 45.0 Å². The molecule has 130 valence electrons. The molecule has 0 spiro atoms. The van der Waals surface area contributed by atoms with Crippen LogP contribution in [0.4, 0.5) is 4.39 Å². The monoisotopic (exact) mass is 332 g/mol. The molecule has 5 nitrogen and oxygen atoms in total. The molecule has 0 unspecified atom stereocenters. The van der Waals surface area contributed by atoms with Gasteiger partial charge in [-0.1, -0.05) is 6.07 Å². The maximum absolute atomic E-state index is 13.3. The van der Waals surface area contributed by atoms with E-state index >= 15 is 0 Å². The van der Waals surface area contributed by atoms with Crippen molar-refractivity contribution >= 4 is 0 Å². The Morgan fingerprint density at radius 3 is 2.88 bits per heavy atom. The highest BCUT2D eigenvalue weighted by molar-refractivity contribution is 5.31. The molecule has 1 aromatic heterocycles. The van der Waals surface area contributed by atoms with E-state index in [1.807, 2.05) is 25.3 Å². The van der Waals surface area contributed by atoms with E-state index in [0.717, 1.165) is 44.1 Å². The third kappa shape index (κ3) is 4.20. The van der Waals surface area contributed by atoms with E-state index in [2.05, 4.69) is 21.8 Å². The van der Waals surface area contributed by atoms with E-state index in [-0.39, 0.29) is 11.9 Å². The van der Waals surface area contributed by atoms with Gasteiger partial charge >= 0.3 is 0 Å². The molecule has 2 aromatic rings. The van der Waals surface area contributed by atoms with E-state index in [9.17, 15) is 9.50 Å². The molecule has 0 aliphatic carbocycles. The van der Waals surface area contributed by atoms with Crippen molar-refractivity contribution in [3.8, 4) is 5.69 Å². The average molecular weight is 332 g/mol. The number of hydrogen-bond donors (Lipinski definition) is 1. The lowest BCUT2D eigenvalue weighted by atomic mass is 10.1. The third-order valence-corrected chi connectivity index (χ3v) is 4.45. The van der Waals surface area contributed by atoms with Crippen LogP contribution in [-0.4, -0.2) is 63.0 Å². The molecule has 1 fully saturated rings. The molecule has 0 bridgehead atoms. The van der Waals surface area contributed by atoms with Gasteiger partial charge in [0.05, 0.1) is 17.5 Å². The zero-order valence-electron chi connectivity index (χ0n) is 14.3. The summed E-state index contributed by atoms with van der Waals surface area (Å²) in [4.78, 5) is 4.70. The topological polar surface area (TPSA) is 44.5 Å². The van der Waals surface area contributed by atoms with Gasteiger partial charge in [0.1, 0.15) is 5.82 Å². The maximum atomic E-state index is 13.3. The molecule has 6 heteroatoms. The molecular weight excluding hydrogens is 307 g/mol. The average Bonchev–Trinajstić information content (AvgIpc) is 2.98. The van der Waals surface area contributed by atoms with Crippen molar-refractivity contribution in [2.75, 3.05) is 26.2 Å². The molecule has 1 saturated heterocycles. The Labute approximate surface area is 142 Å². The number of halogens is 1. The maximum Gasteiger partial charge on any atom is 0.125 e. The zero-order valence-corrected chi connectivity index (χ0v) is 14.3. The standard InChI is InChI=1S/C18H25FN4O/c1-14-11-21(8-9-22(14)12-15(2)24)13-17-6-7-23(20-17)18-5-3-4-16(19)10-18/h3-7,10,14-15,24H,8-9,11-13H2,1-2H3/t14-,15-/m1/s1. The molecule has 2 atom stereocenters. The van der Waals surface area contributed by atoms with Gasteiger partial charge in [-0.05, 0) is 38.1 Å². The number of piperazine rings is 1. The Bertz CT molecular complexity index is 673. The lowest BCUT2D eigenvalue weighted by molar-refractivity contribution is 0.0418. The first-order valence-electron chi connectivity index (χ1n) is 8.46. The number of benzene rings is 1. The fourth-order valence-corrected chi connectivity index (χ4v) is 3.26. The van der Waals surface area contributed by atoms with Crippen LogP contribution in [-0.2, 0) is 6.54 Å². The van der Waals surface area contributed by atoms with E-state index < -0.39 is 0 Å². The molecule has 0 radical (unpaired) electrons. The first-order chi connectivity index (χ1) is 11.5. The molecule has 1 aliphatic heterocycles. The summed E-state index contributed by atoms with van der Waals surface area (Å²) in [5, 5.41) is 14.1. The van der Waals surface area contributed by atoms with Crippen LogP contribution in [0.5, 0.6) is 0 Å². The molecular formula is C18H25FN4O. The minimum absolute atomic E-state index is 0.257. The molecule has 0 saturated carbocycles. The van der Waals surface area contributed by atoms with E-state index in [0.29, 0.717) is 6.04 Å². The summed E-state index contributed by atoms with van der Waals surface area (Å²) >= 11 is 0. The highest BCUT2D eigenvalue weighted by Crippen LogP contribution is 2.14. The number of aliphatic hydroxyl groups excluding tert-OH is 1. The Morgan fingerprint density at radius 1 is 1.33 bits per heavy atom. The number of rotatable bonds is 5. The van der Waals surface area contributed by atoms with Gasteiger partial charge in [-0.2, -0.15) is 5.10 Å². The lowest BCUT2D eigenvalue weighted by Gasteiger charge is -2.40. The second-order valence-electron chi connectivity index (χ2n) is 6.66. The van der Waals surface area contributed by atoms with Crippen LogP contribution in [0.25, 0.3) is 5.69 Å². The zero-order chi connectivity index (χ0) is 17.1. The predicted molar refractivity (Wildman–Crippen MR) is 91.5 cm³/mol. The normalized spacial score (nSPS) is 21.1. The van der Waals surface area contributed by atoms with Crippen molar-refractivity contribution in [2.45, 2.75) is 32.5 Å². The second-order valence-corrected chi connectivity index (χ2v) is 6.66.